The van der Waals surface area contributed by atoms with Crippen molar-refractivity contribution in [3.05, 3.63) is 64.4 Å². The van der Waals surface area contributed by atoms with Crippen molar-refractivity contribution in [1.82, 2.24) is 14.9 Å². The van der Waals surface area contributed by atoms with Crippen LogP contribution in [0, 0.1) is 0 Å². The first-order valence-electron chi connectivity index (χ1n) is 10.2. The third kappa shape index (κ3) is 6.15. The van der Waals surface area contributed by atoms with Crippen LogP contribution in [0.25, 0.3) is 11.0 Å². The second kappa shape index (κ2) is 11.1. The van der Waals surface area contributed by atoms with Crippen LogP contribution in [0.3, 0.4) is 0 Å². The van der Waals surface area contributed by atoms with Gasteiger partial charge in [-0.05, 0) is 56.2 Å². The number of carbonyl (C=O) groups is 1. The van der Waals surface area contributed by atoms with Crippen LogP contribution in [0.5, 0.6) is 0 Å². The van der Waals surface area contributed by atoms with Crippen molar-refractivity contribution in [2.45, 2.75) is 39.2 Å². The van der Waals surface area contributed by atoms with Crippen molar-refractivity contribution >= 4 is 32.9 Å². The van der Waals surface area contributed by atoms with E-state index in [-0.39, 0.29) is 5.91 Å². The molecule has 0 atom stereocenters. The van der Waals surface area contributed by atoms with Gasteiger partial charge in [-0.15, -0.1) is 0 Å². The number of aromatic nitrogens is 2. The Balaban J connectivity index is 1.45. The first-order valence-corrected chi connectivity index (χ1v) is 11.0. The molecule has 0 saturated heterocycles. The van der Waals surface area contributed by atoms with E-state index >= 15 is 0 Å². The minimum absolute atomic E-state index is 0.0183. The van der Waals surface area contributed by atoms with Crippen molar-refractivity contribution in [2.24, 2.45) is 0 Å². The lowest BCUT2D eigenvalue weighted by molar-refractivity contribution is 0.0953. The number of hydrogen-bond donors (Lipinski definition) is 1. The fourth-order valence-corrected chi connectivity index (χ4v) is 3.62. The molecule has 3 rings (SSSR count). The van der Waals surface area contributed by atoms with Crippen LogP contribution >= 0.6 is 15.9 Å². The van der Waals surface area contributed by atoms with Gasteiger partial charge in [-0.2, -0.15) is 0 Å². The topological polar surface area (TPSA) is 56.1 Å². The summed E-state index contributed by atoms with van der Waals surface area (Å²) in [7, 11) is 0. The summed E-state index contributed by atoms with van der Waals surface area (Å²) in [5.41, 5.74) is 2.90. The molecule has 0 aliphatic rings. The van der Waals surface area contributed by atoms with Crippen molar-refractivity contribution in [3.8, 4) is 0 Å². The summed E-state index contributed by atoms with van der Waals surface area (Å²) < 4.78 is 8.79. The van der Waals surface area contributed by atoms with Gasteiger partial charge in [-0.25, -0.2) is 4.98 Å². The van der Waals surface area contributed by atoms with Gasteiger partial charge in [0.25, 0.3) is 5.91 Å². The highest BCUT2D eigenvalue weighted by atomic mass is 79.9. The lowest BCUT2D eigenvalue weighted by Gasteiger charge is -2.09. The SMILES string of the molecule is CCOCCn1c(CCCCCNC(=O)c2ccc(Br)cc2)nc2ccccc21. The molecule has 6 heteroatoms. The molecule has 0 fully saturated rings. The first kappa shape index (κ1) is 21.5. The second-order valence-corrected chi connectivity index (χ2v) is 7.85. The lowest BCUT2D eigenvalue weighted by Crippen LogP contribution is -2.24. The second-order valence-electron chi connectivity index (χ2n) is 6.94. The van der Waals surface area contributed by atoms with Crippen LogP contribution in [-0.4, -0.2) is 35.2 Å². The summed E-state index contributed by atoms with van der Waals surface area (Å²) in [6, 6.07) is 15.7. The predicted molar refractivity (Wildman–Crippen MR) is 120 cm³/mol. The number of aryl methyl sites for hydroxylation is 1. The lowest BCUT2D eigenvalue weighted by atomic mass is 10.1. The van der Waals surface area contributed by atoms with E-state index in [1.807, 2.05) is 37.3 Å². The molecule has 0 saturated carbocycles. The van der Waals surface area contributed by atoms with Crippen LogP contribution in [-0.2, 0) is 17.7 Å². The van der Waals surface area contributed by atoms with Gasteiger partial charge in [0, 0.05) is 36.2 Å². The Bertz CT molecular complexity index is 922. The number of nitrogens with one attached hydrogen (secondary N) is 1. The van der Waals surface area contributed by atoms with Gasteiger partial charge in [0.1, 0.15) is 5.82 Å². The average Bonchev–Trinajstić information content (AvgIpc) is 3.08. The Hall–Kier alpha value is -2.18. The van der Waals surface area contributed by atoms with Crippen molar-refractivity contribution in [3.63, 3.8) is 0 Å². The highest BCUT2D eigenvalue weighted by molar-refractivity contribution is 9.10. The first-order chi connectivity index (χ1) is 14.2. The quantitative estimate of drug-likeness (QED) is 0.413. The molecule has 5 nitrogen and oxygen atoms in total. The molecule has 1 amide bonds. The molecule has 1 aromatic heterocycles. The number of para-hydroxylation sites is 2. The molecule has 0 spiro atoms. The number of unbranched alkanes of at least 4 members (excludes halogenated alkanes) is 2. The van der Waals surface area contributed by atoms with E-state index < -0.39 is 0 Å². The Labute approximate surface area is 180 Å². The van der Waals surface area contributed by atoms with Crippen molar-refractivity contribution in [2.75, 3.05) is 19.8 Å². The molecule has 29 heavy (non-hydrogen) atoms. The van der Waals surface area contributed by atoms with Crippen LogP contribution in [0.4, 0.5) is 0 Å². The van der Waals surface area contributed by atoms with Gasteiger partial charge in [0.2, 0.25) is 0 Å². The van der Waals surface area contributed by atoms with Crippen LogP contribution < -0.4 is 5.32 Å². The van der Waals surface area contributed by atoms with E-state index in [4.69, 9.17) is 9.72 Å². The summed E-state index contributed by atoms with van der Waals surface area (Å²) in [5.74, 6) is 1.10. The van der Waals surface area contributed by atoms with Crippen LogP contribution in [0.1, 0.15) is 42.4 Å². The molecule has 3 aromatic rings. The average molecular weight is 458 g/mol. The molecular formula is C23H28BrN3O2. The fraction of sp³-hybridized carbons (Fsp3) is 0.391. The molecule has 154 valence electrons. The Morgan fingerprint density at radius 2 is 1.90 bits per heavy atom. The minimum atomic E-state index is -0.0183. The van der Waals surface area contributed by atoms with E-state index in [9.17, 15) is 4.79 Å². The third-order valence-electron chi connectivity index (χ3n) is 4.87. The summed E-state index contributed by atoms with van der Waals surface area (Å²) in [6.07, 6.45) is 3.99. The monoisotopic (exact) mass is 457 g/mol. The number of benzene rings is 2. The standard InChI is InChI=1S/C23H28BrN3O2/c1-2-29-17-16-27-21-9-6-5-8-20(21)26-22(27)10-4-3-7-15-25-23(28)18-11-13-19(24)14-12-18/h5-6,8-9,11-14H,2-4,7,10,15-17H2,1H3,(H,25,28). The van der Waals surface area contributed by atoms with Crippen molar-refractivity contribution in [1.29, 1.82) is 0 Å². The van der Waals surface area contributed by atoms with E-state index in [0.29, 0.717) is 18.7 Å². The highest BCUT2D eigenvalue weighted by Crippen LogP contribution is 2.18. The Morgan fingerprint density at radius 1 is 1.10 bits per heavy atom. The summed E-state index contributed by atoms with van der Waals surface area (Å²) in [6.45, 7) is 4.96. The van der Waals surface area contributed by atoms with E-state index in [1.165, 1.54) is 5.52 Å². The summed E-state index contributed by atoms with van der Waals surface area (Å²) in [5, 5.41) is 2.99. The number of amides is 1. The smallest absolute Gasteiger partial charge is 0.251 e. The zero-order valence-corrected chi connectivity index (χ0v) is 18.5. The Morgan fingerprint density at radius 3 is 2.69 bits per heavy atom. The van der Waals surface area contributed by atoms with Gasteiger partial charge >= 0.3 is 0 Å². The zero-order valence-electron chi connectivity index (χ0n) is 16.9. The minimum Gasteiger partial charge on any atom is -0.380 e. The predicted octanol–water partition coefficient (Wildman–Crippen LogP) is 4.98. The molecule has 0 radical (unpaired) electrons. The van der Waals surface area contributed by atoms with E-state index in [2.05, 4.69) is 44.0 Å². The molecule has 0 aliphatic heterocycles. The summed E-state index contributed by atoms with van der Waals surface area (Å²) in [4.78, 5) is 16.9. The van der Waals surface area contributed by atoms with Crippen molar-refractivity contribution < 1.29 is 9.53 Å². The maximum atomic E-state index is 12.1. The molecule has 1 N–H and O–H groups in total. The molecular weight excluding hydrogens is 430 g/mol. The Kier molecular flexibility index (Phi) is 8.25. The number of carbonyl (C=O) groups excluding carboxylic acids is 1. The van der Waals surface area contributed by atoms with Gasteiger partial charge in [0.05, 0.1) is 17.6 Å². The van der Waals surface area contributed by atoms with Gasteiger partial charge < -0.3 is 14.6 Å². The van der Waals surface area contributed by atoms with Gasteiger partial charge in [0.15, 0.2) is 0 Å². The third-order valence-corrected chi connectivity index (χ3v) is 5.39. The van der Waals surface area contributed by atoms with Crippen LogP contribution in [0.2, 0.25) is 0 Å². The zero-order chi connectivity index (χ0) is 20.5. The normalized spacial score (nSPS) is 11.1. The van der Waals surface area contributed by atoms with Crippen LogP contribution in [0.15, 0.2) is 53.0 Å². The number of ether oxygens (including phenoxy) is 1. The van der Waals surface area contributed by atoms with E-state index in [1.54, 1.807) is 0 Å². The van der Waals surface area contributed by atoms with E-state index in [0.717, 1.165) is 54.6 Å². The number of rotatable bonds is 11. The molecule has 0 bridgehead atoms. The molecule has 0 aliphatic carbocycles. The number of imidazole rings is 1. The summed E-state index contributed by atoms with van der Waals surface area (Å²) >= 11 is 3.38. The fourth-order valence-electron chi connectivity index (χ4n) is 3.36. The molecule has 1 heterocycles. The van der Waals surface area contributed by atoms with Gasteiger partial charge in [-0.1, -0.05) is 34.5 Å². The van der Waals surface area contributed by atoms with Gasteiger partial charge in [-0.3, -0.25) is 4.79 Å². The number of fused-ring (bicyclic) bond motifs is 1. The maximum absolute atomic E-state index is 12.1. The highest BCUT2D eigenvalue weighted by Gasteiger charge is 2.10. The number of halogens is 1. The maximum Gasteiger partial charge on any atom is 0.251 e. The number of nitrogens with zero attached hydrogens (tertiary/aromatic N) is 2. The number of hydrogen-bond acceptors (Lipinski definition) is 3. The molecule has 0 unspecified atom stereocenters. The largest absolute Gasteiger partial charge is 0.380 e. The molecule has 2 aromatic carbocycles.